The van der Waals surface area contributed by atoms with Crippen LogP contribution >= 0.6 is 15.9 Å². The molecule has 0 atom stereocenters. The first-order chi connectivity index (χ1) is 9.47. The Morgan fingerprint density at radius 3 is 2.60 bits per heavy atom. The van der Waals surface area contributed by atoms with Gasteiger partial charge in [-0.3, -0.25) is 10.1 Å². The van der Waals surface area contributed by atoms with E-state index in [1.807, 2.05) is 0 Å². The average molecular weight is 336 g/mol. The van der Waals surface area contributed by atoms with E-state index in [0.717, 1.165) is 4.47 Å². The van der Waals surface area contributed by atoms with E-state index in [0.29, 0.717) is 11.1 Å². The van der Waals surface area contributed by atoms with E-state index in [1.54, 1.807) is 31.2 Å². The Balaban J connectivity index is 2.20. The SMILES string of the molecule is Cc1cc(OC(=O)c2cccc(Br)c2)ccc1[N+](=O)[O-]. The van der Waals surface area contributed by atoms with Crippen molar-refractivity contribution in [3.8, 4) is 5.75 Å². The summed E-state index contributed by atoms with van der Waals surface area (Å²) in [4.78, 5) is 22.1. The summed E-state index contributed by atoms with van der Waals surface area (Å²) >= 11 is 3.27. The predicted molar refractivity (Wildman–Crippen MR) is 76.9 cm³/mol. The van der Waals surface area contributed by atoms with E-state index < -0.39 is 10.9 Å². The molecule has 0 aliphatic heterocycles. The molecule has 0 saturated heterocycles. The lowest BCUT2D eigenvalue weighted by molar-refractivity contribution is -0.385. The van der Waals surface area contributed by atoms with Crippen LogP contribution in [0.5, 0.6) is 5.75 Å². The second-order valence-corrected chi connectivity index (χ2v) is 5.02. The Labute approximate surface area is 123 Å². The summed E-state index contributed by atoms with van der Waals surface area (Å²) in [6, 6.07) is 11.0. The van der Waals surface area contributed by atoms with Gasteiger partial charge in [-0.15, -0.1) is 0 Å². The van der Waals surface area contributed by atoms with Crippen LogP contribution in [0.15, 0.2) is 46.9 Å². The molecular formula is C14H10BrNO4. The molecule has 2 rings (SSSR count). The molecule has 0 aromatic heterocycles. The van der Waals surface area contributed by atoms with Gasteiger partial charge in [-0.25, -0.2) is 4.79 Å². The van der Waals surface area contributed by atoms with Gasteiger partial charge >= 0.3 is 5.97 Å². The van der Waals surface area contributed by atoms with E-state index in [4.69, 9.17) is 4.74 Å². The molecule has 0 bridgehead atoms. The number of carbonyl (C=O) groups excluding carboxylic acids is 1. The van der Waals surface area contributed by atoms with E-state index in [1.165, 1.54) is 18.2 Å². The van der Waals surface area contributed by atoms with Gasteiger partial charge in [0.1, 0.15) is 5.75 Å². The molecule has 20 heavy (non-hydrogen) atoms. The van der Waals surface area contributed by atoms with Gasteiger partial charge in [-0.05, 0) is 37.3 Å². The zero-order valence-corrected chi connectivity index (χ0v) is 12.1. The molecule has 0 amide bonds. The summed E-state index contributed by atoms with van der Waals surface area (Å²) in [7, 11) is 0. The van der Waals surface area contributed by atoms with Crippen molar-refractivity contribution in [2.24, 2.45) is 0 Å². The lowest BCUT2D eigenvalue weighted by atomic mass is 10.2. The zero-order valence-electron chi connectivity index (χ0n) is 10.5. The third-order valence-electron chi connectivity index (χ3n) is 2.64. The summed E-state index contributed by atoms with van der Waals surface area (Å²) in [5.41, 5.74) is 0.831. The first kappa shape index (κ1) is 14.2. The molecule has 0 aliphatic carbocycles. The summed E-state index contributed by atoms with van der Waals surface area (Å²) < 4.78 is 5.96. The van der Waals surface area contributed by atoms with Gasteiger partial charge in [0.2, 0.25) is 0 Å². The van der Waals surface area contributed by atoms with Crippen molar-refractivity contribution in [3.63, 3.8) is 0 Å². The zero-order chi connectivity index (χ0) is 14.7. The van der Waals surface area contributed by atoms with Crippen molar-refractivity contribution < 1.29 is 14.5 Å². The Kier molecular flexibility index (Phi) is 4.14. The minimum Gasteiger partial charge on any atom is -0.423 e. The second-order valence-electron chi connectivity index (χ2n) is 4.11. The number of nitrogens with zero attached hydrogens (tertiary/aromatic N) is 1. The van der Waals surface area contributed by atoms with Crippen LogP contribution in [0.2, 0.25) is 0 Å². The molecule has 0 spiro atoms. The smallest absolute Gasteiger partial charge is 0.343 e. The van der Waals surface area contributed by atoms with Crippen LogP contribution in [0.3, 0.4) is 0 Å². The first-order valence-corrected chi connectivity index (χ1v) is 6.49. The highest BCUT2D eigenvalue weighted by atomic mass is 79.9. The number of benzene rings is 2. The molecule has 102 valence electrons. The van der Waals surface area contributed by atoms with E-state index >= 15 is 0 Å². The Bertz CT molecular complexity index is 685. The number of ether oxygens (including phenoxy) is 1. The maximum Gasteiger partial charge on any atom is 0.343 e. The number of nitro benzene ring substituents is 1. The number of rotatable bonds is 3. The fourth-order valence-electron chi connectivity index (χ4n) is 1.68. The summed E-state index contributed by atoms with van der Waals surface area (Å²) in [6.45, 7) is 1.59. The van der Waals surface area contributed by atoms with Crippen LogP contribution in [0.1, 0.15) is 15.9 Å². The lowest BCUT2D eigenvalue weighted by Crippen LogP contribution is -2.08. The van der Waals surface area contributed by atoms with Crippen LogP contribution in [0.25, 0.3) is 0 Å². The third-order valence-corrected chi connectivity index (χ3v) is 3.13. The van der Waals surface area contributed by atoms with E-state index in [-0.39, 0.29) is 11.4 Å². The molecule has 0 N–H and O–H groups in total. The number of nitro groups is 1. The van der Waals surface area contributed by atoms with Crippen LogP contribution in [0, 0.1) is 17.0 Å². The fourth-order valence-corrected chi connectivity index (χ4v) is 2.08. The van der Waals surface area contributed by atoms with Crippen molar-refractivity contribution in [2.75, 3.05) is 0 Å². The van der Waals surface area contributed by atoms with Gasteiger partial charge < -0.3 is 4.74 Å². The molecule has 0 fully saturated rings. The van der Waals surface area contributed by atoms with Crippen molar-refractivity contribution >= 4 is 27.6 Å². The second kappa shape index (κ2) is 5.83. The van der Waals surface area contributed by atoms with Gasteiger partial charge in [-0.2, -0.15) is 0 Å². The third kappa shape index (κ3) is 3.21. The number of aryl methyl sites for hydroxylation is 1. The topological polar surface area (TPSA) is 69.4 Å². The van der Waals surface area contributed by atoms with Crippen molar-refractivity contribution in [1.82, 2.24) is 0 Å². The monoisotopic (exact) mass is 335 g/mol. The highest BCUT2D eigenvalue weighted by Gasteiger charge is 2.13. The predicted octanol–water partition coefficient (Wildman–Crippen LogP) is 3.88. The normalized spacial score (nSPS) is 10.1. The van der Waals surface area contributed by atoms with Gasteiger partial charge in [0.25, 0.3) is 5.69 Å². The molecule has 0 heterocycles. The molecule has 5 nitrogen and oxygen atoms in total. The Morgan fingerprint density at radius 1 is 1.25 bits per heavy atom. The van der Waals surface area contributed by atoms with E-state index in [9.17, 15) is 14.9 Å². The van der Waals surface area contributed by atoms with E-state index in [2.05, 4.69) is 15.9 Å². The summed E-state index contributed by atoms with van der Waals surface area (Å²) in [6.07, 6.45) is 0. The molecule has 2 aromatic carbocycles. The van der Waals surface area contributed by atoms with Crippen LogP contribution in [-0.2, 0) is 0 Å². The molecule has 2 aromatic rings. The fraction of sp³-hybridized carbons (Fsp3) is 0.0714. The Hall–Kier alpha value is -2.21. The molecule has 0 saturated carbocycles. The lowest BCUT2D eigenvalue weighted by Gasteiger charge is -2.05. The van der Waals surface area contributed by atoms with Crippen LogP contribution in [-0.4, -0.2) is 10.9 Å². The highest BCUT2D eigenvalue weighted by molar-refractivity contribution is 9.10. The van der Waals surface area contributed by atoms with Crippen molar-refractivity contribution in [2.45, 2.75) is 6.92 Å². The van der Waals surface area contributed by atoms with Gasteiger partial charge in [0.15, 0.2) is 0 Å². The number of esters is 1. The molecule has 0 aliphatic rings. The first-order valence-electron chi connectivity index (χ1n) is 5.70. The summed E-state index contributed by atoms with van der Waals surface area (Å²) in [5.74, 6) is -0.238. The number of halogens is 1. The molecule has 0 unspecified atom stereocenters. The highest BCUT2D eigenvalue weighted by Crippen LogP contribution is 2.24. The number of carbonyl (C=O) groups is 1. The van der Waals surface area contributed by atoms with Gasteiger partial charge in [0.05, 0.1) is 10.5 Å². The average Bonchev–Trinajstić information content (AvgIpc) is 2.38. The largest absolute Gasteiger partial charge is 0.423 e. The maximum atomic E-state index is 11.9. The minimum atomic E-state index is -0.514. The number of hydrogen-bond donors (Lipinski definition) is 0. The molecule has 0 radical (unpaired) electrons. The molecule has 6 heteroatoms. The maximum absolute atomic E-state index is 11.9. The summed E-state index contributed by atoms with van der Waals surface area (Å²) in [5, 5.41) is 10.7. The van der Waals surface area contributed by atoms with Crippen molar-refractivity contribution in [1.29, 1.82) is 0 Å². The molecular weight excluding hydrogens is 326 g/mol. The number of hydrogen-bond acceptors (Lipinski definition) is 4. The Morgan fingerprint density at radius 2 is 2.00 bits per heavy atom. The van der Waals surface area contributed by atoms with Gasteiger partial charge in [-0.1, -0.05) is 22.0 Å². The standard InChI is InChI=1S/C14H10BrNO4/c1-9-7-12(5-6-13(9)16(18)19)20-14(17)10-3-2-4-11(15)8-10/h2-8H,1H3. The van der Waals surface area contributed by atoms with Gasteiger partial charge in [0, 0.05) is 16.1 Å². The van der Waals surface area contributed by atoms with Crippen molar-refractivity contribution in [3.05, 3.63) is 68.2 Å². The quantitative estimate of drug-likeness (QED) is 0.369. The van der Waals surface area contributed by atoms with Crippen LogP contribution < -0.4 is 4.74 Å². The van der Waals surface area contributed by atoms with Crippen LogP contribution in [0.4, 0.5) is 5.69 Å². The minimum absolute atomic E-state index is 0.00717.